The molecule has 1 amide bonds. The summed E-state index contributed by atoms with van der Waals surface area (Å²) in [4.78, 5) is 16.0. The smallest absolute Gasteiger partial charge is 0.257 e. The predicted molar refractivity (Wildman–Crippen MR) is 67.4 cm³/mol. The number of nitrogens with zero attached hydrogens (tertiary/aromatic N) is 2. The molecule has 2 aromatic heterocycles. The van der Waals surface area contributed by atoms with Crippen LogP contribution in [-0.2, 0) is 0 Å². The summed E-state index contributed by atoms with van der Waals surface area (Å²) in [5.74, 6) is -0.146. The molecule has 6 nitrogen and oxygen atoms in total. The first-order valence-corrected chi connectivity index (χ1v) is 5.79. The van der Waals surface area contributed by atoms with Gasteiger partial charge < -0.3 is 15.2 Å². The Labute approximate surface area is 105 Å². The molecule has 0 radical (unpaired) electrons. The molecule has 0 aliphatic heterocycles. The fourth-order valence-electron chi connectivity index (χ4n) is 1.52. The van der Waals surface area contributed by atoms with E-state index in [-0.39, 0.29) is 11.9 Å². The minimum absolute atomic E-state index is 0.146. The van der Waals surface area contributed by atoms with Crippen LogP contribution >= 0.6 is 0 Å². The summed E-state index contributed by atoms with van der Waals surface area (Å²) in [7, 11) is 1.85. The Bertz CT molecular complexity index is 564. The van der Waals surface area contributed by atoms with Crippen molar-refractivity contribution in [1.29, 1.82) is 0 Å². The van der Waals surface area contributed by atoms with E-state index in [9.17, 15) is 4.79 Å². The molecule has 18 heavy (non-hydrogen) atoms. The summed E-state index contributed by atoms with van der Waals surface area (Å²) >= 11 is 0. The minimum atomic E-state index is -0.146. The SMILES string of the molecule is CNC(C)CNC(=O)c1cnc2onc(C)c2c1. The molecular formula is C12H16N4O2. The van der Waals surface area contributed by atoms with Gasteiger partial charge >= 0.3 is 0 Å². The number of pyridine rings is 1. The Balaban J connectivity index is 2.15. The van der Waals surface area contributed by atoms with E-state index >= 15 is 0 Å². The molecule has 0 bridgehead atoms. The van der Waals surface area contributed by atoms with Crippen LogP contribution in [0.15, 0.2) is 16.8 Å². The average Bonchev–Trinajstić information content (AvgIpc) is 2.76. The van der Waals surface area contributed by atoms with E-state index in [1.54, 1.807) is 6.07 Å². The number of nitrogens with one attached hydrogen (secondary N) is 2. The van der Waals surface area contributed by atoms with Crippen molar-refractivity contribution in [2.24, 2.45) is 0 Å². The normalized spacial score (nSPS) is 12.6. The molecular weight excluding hydrogens is 232 g/mol. The van der Waals surface area contributed by atoms with Crippen LogP contribution in [-0.4, -0.2) is 35.7 Å². The van der Waals surface area contributed by atoms with Gasteiger partial charge in [-0.2, -0.15) is 0 Å². The lowest BCUT2D eigenvalue weighted by molar-refractivity contribution is 0.0950. The molecule has 1 unspecified atom stereocenters. The van der Waals surface area contributed by atoms with Crippen molar-refractivity contribution in [3.63, 3.8) is 0 Å². The molecule has 0 spiro atoms. The van der Waals surface area contributed by atoms with Crippen LogP contribution in [0.4, 0.5) is 0 Å². The van der Waals surface area contributed by atoms with Crippen LogP contribution in [0.25, 0.3) is 11.1 Å². The molecule has 0 aliphatic rings. The monoisotopic (exact) mass is 248 g/mol. The third-order valence-corrected chi connectivity index (χ3v) is 2.83. The van der Waals surface area contributed by atoms with Gasteiger partial charge in [0.1, 0.15) is 0 Å². The van der Waals surface area contributed by atoms with Crippen LogP contribution < -0.4 is 10.6 Å². The third kappa shape index (κ3) is 2.48. The van der Waals surface area contributed by atoms with Crippen molar-refractivity contribution < 1.29 is 9.32 Å². The molecule has 0 aliphatic carbocycles. The first kappa shape index (κ1) is 12.5. The topological polar surface area (TPSA) is 80.0 Å². The number of amides is 1. The molecule has 0 saturated carbocycles. The van der Waals surface area contributed by atoms with E-state index < -0.39 is 0 Å². The first-order valence-electron chi connectivity index (χ1n) is 5.79. The van der Waals surface area contributed by atoms with Crippen LogP contribution in [0, 0.1) is 6.92 Å². The Morgan fingerprint density at radius 3 is 3.06 bits per heavy atom. The van der Waals surface area contributed by atoms with Gasteiger partial charge in [-0.15, -0.1) is 0 Å². The van der Waals surface area contributed by atoms with Crippen LogP contribution in [0.1, 0.15) is 23.0 Å². The Kier molecular flexibility index (Phi) is 3.57. The molecule has 2 rings (SSSR count). The van der Waals surface area contributed by atoms with Crippen LogP contribution in [0.5, 0.6) is 0 Å². The Morgan fingerprint density at radius 1 is 1.56 bits per heavy atom. The van der Waals surface area contributed by atoms with Gasteiger partial charge in [0.25, 0.3) is 11.6 Å². The average molecular weight is 248 g/mol. The molecule has 0 fully saturated rings. The predicted octanol–water partition coefficient (Wildman–Crippen LogP) is 0.869. The second kappa shape index (κ2) is 5.14. The second-order valence-electron chi connectivity index (χ2n) is 4.24. The lowest BCUT2D eigenvalue weighted by Crippen LogP contribution is -2.37. The molecule has 0 saturated heterocycles. The van der Waals surface area contributed by atoms with Gasteiger partial charge in [0.05, 0.1) is 16.6 Å². The Hall–Kier alpha value is -1.95. The number of aromatic nitrogens is 2. The minimum Gasteiger partial charge on any atom is -0.350 e. The van der Waals surface area contributed by atoms with Crippen molar-refractivity contribution in [3.05, 3.63) is 23.5 Å². The van der Waals surface area contributed by atoms with Crippen molar-refractivity contribution >= 4 is 17.0 Å². The molecule has 2 aromatic rings. The van der Waals surface area contributed by atoms with Gasteiger partial charge in [-0.3, -0.25) is 4.79 Å². The maximum Gasteiger partial charge on any atom is 0.257 e. The molecule has 6 heteroatoms. The second-order valence-corrected chi connectivity index (χ2v) is 4.24. The molecule has 2 heterocycles. The number of aryl methyl sites for hydroxylation is 1. The van der Waals surface area contributed by atoms with Gasteiger partial charge in [-0.05, 0) is 27.0 Å². The molecule has 2 N–H and O–H groups in total. The standard InChI is InChI=1S/C12H16N4O2/c1-7(13-3)5-14-11(17)9-4-10-8(2)16-18-12(10)15-6-9/h4,6-7,13H,5H2,1-3H3,(H,14,17). The fraction of sp³-hybridized carbons (Fsp3) is 0.417. The summed E-state index contributed by atoms with van der Waals surface area (Å²) in [6.45, 7) is 4.38. The lowest BCUT2D eigenvalue weighted by atomic mass is 10.2. The zero-order valence-electron chi connectivity index (χ0n) is 10.7. The van der Waals surface area contributed by atoms with E-state index in [0.29, 0.717) is 17.8 Å². The summed E-state index contributed by atoms with van der Waals surface area (Å²) < 4.78 is 5.00. The van der Waals surface area contributed by atoms with E-state index in [4.69, 9.17) is 4.52 Å². The van der Waals surface area contributed by atoms with E-state index in [2.05, 4.69) is 20.8 Å². The summed E-state index contributed by atoms with van der Waals surface area (Å²) in [6.07, 6.45) is 1.49. The van der Waals surface area contributed by atoms with Crippen molar-refractivity contribution in [1.82, 2.24) is 20.8 Å². The van der Waals surface area contributed by atoms with Crippen LogP contribution in [0.3, 0.4) is 0 Å². The summed E-state index contributed by atoms with van der Waals surface area (Å²) in [5.41, 5.74) is 1.69. The number of hydrogen-bond acceptors (Lipinski definition) is 5. The number of rotatable bonds is 4. The molecule has 0 aromatic carbocycles. The maximum atomic E-state index is 11.9. The quantitative estimate of drug-likeness (QED) is 0.839. The number of carbonyl (C=O) groups excluding carboxylic acids is 1. The highest BCUT2D eigenvalue weighted by Gasteiger charge is 2.11. The lowest BCUT2D eigenvalue weighted by Gasteiger charge is -2.11. The van der Waals surface area contributed by atoms with E-state index in [1.165, 1.54) is 6.20 Å². The summed E-state index contributed by atoms with van der Waals surface area (Å²) in [6, 6.07) is 1.97. The van der Waals surface area contributed by atoms with Crippen molar-refractivity contribution in [2.75, 3.05) is 13.6 Å². The van der Waals surface area contributed by atoms with Crippen molar-refractivity contribution in [3.8, 4) is 0 Å². The zero-order chi connectivity index (χ0) is 13.1. The number of carbonyl (C=O) groups is 1. The van der Waals surface area contributed by atoms with Gasteiger partial charge in [-0.1, -0.05) is 5.16 Å². The zero-order valence-corrected chi connectivity index (χ0v) is 10.7. The molecule has 1 atom stereocenters. The fourth-order valence-corrected chi connectivity index (χ4v) is 1.52. The number of hydrogen-bond donors (Lipinski definition) is 2. The van der Waals surface area contributed by atoms with E-state index in [0.717, 1.165) is 11.1 Å². The van der Waals surface area contributed by atoms with Crippen molar-refractivity contribution in [2.45, 2.75) is 19.9 Å². The molecule has 96 valence electrons. The summed E-state index contributed by atoms with van der Waals surface area (Å²) in [5, 5.41) is 10.5. The number of likely N-dealkylation sites (N-methyl/N-ethyl adjacent to an activating group) is 1. The third-order valence-electron chi connectivity index (χ3n) is 2.83. The maximum absolute atomic E-state index is 11.9. The van der Waals surface area contributed by atoms with Gasteiger partial charge in [-0.25, -0.2) is 4.98 Å². The highest BCUT2D eigenvalue weighted by atomic mass is 16.5. The highest BCUT2D eigenvalue weighted by Crippen LogP contribution is 2.16. The number of fused-ring (bicyclic) bond motifs is 1. The van der Waals surface area contributed by atoms with Gasteiger partial charge in [0.2, 0.25) is 0 Å². The largest absolute Gasteiger partial charge is 0.350 e. The van der Waals surface area contributed by atoms with Crippen LogP contribution in [0.2, 0.25) is 0 Å². The highest BCUT2D eigenvalue weighted by molar-refractivity contribution is 5.96. The van der Waals surface area contributed by atoms with Gasteiger partial charge in [0.15, 0.2) is 0 Å². The van der Waals surface area contributed by atoms with E-state index in [1.807, 2.05) is 20.9 Å². The first-order chi connectivity index (χ1) is 8.61. The Morgan fingerprint density at radius 2 is 2.33 bits per heavy atom. The van der Waals surface area contributed by atoms with Gasteiger partial charge in [0, 0.05) is 18.8 Å².